The highest BCUT2D eigenvalue weighted by atomic mass is 35.5. The summed E-state index contributed by atoms with van der Waals surface area (Å²) < 4.78 is 16.3. The van der Waals surface area contributed by atoms with Crippen molar-refractivity contribution in [2.75, 3.05) is 18.7 Å². The molecule has 0 saturated carbocycles. The van der Waals surface area contributed by atoms with Crippen molar-refractivity contribution in [3.8, 4) is 17.2 Å². The maximum Gasteiger partial charge on any atom is 0.260 e. The summed E-state index contributed by atoms with van der Waals surface area (Å²) in [5.41, 5.74) is 0.872. The van der Waals surface area contributed by atoms with Crippen LogP contribution >= 0.6 is 11.6 Å². The van der Waals surface area contributed by atoms with E-state index in [9.17, 15) is 9.59 Å². The van der Waals surface area contributed by atoms with Crippen molar-refractivity contribution in [1.82, 2.24) is 4.90 Å². The third kappa shape index (κ3) is 4.71. The Balaban J connectivity index is 1.35. The number of fused-ring (bicyclic) bond motifs is 1. The van der Waals surface area contributed by atoms with Crippen LogP contribution < -0.4 is 19.5 Å². The van der Waals surface area contributed by atoms with Gasteiger partial charge in [-0.15, -0.1) is 0 Å². The van der Waals surface area contributed by atoms with Gasteiger partial charge in [-0.1, -0.05) is 11.6 Å². The molecule has 2 aromatic carbocycles. The van der Waals surface area contributed by atoms with Gasteiger partial charge in [0.1, 0.15) is 5.75 Å². The molecule has 2 atom stereocenters. The topological polar surface area (TPSA) is 77.1 Å². The molecule has 0 spiro atoms. The Hall–Kier alpha value is -2.93. The van der Waals surface area contributed by atoms with Crippen molar-refractivity contribution >= 4 is 29.1 Å². The van der Waals surface area contributed by atoms with E-state index in [4.69, 9.17) is 25.8 Å². The summed E-state index contributed by atoms with van der Waals surface area (Å²) >= 11 is 6.21. The number of benzene rings is 2. The number of nitrogens with one attached hydrogen (secondary N) is 1. The SMILES string of the molecule is C[C@H]1CCC[C@H](C)N1C(=O)COc1ccc(C(=O)Nc2cc3c(cc2Cl)OCO3)cc1. The average Bonchev–Trinajstić information content (AvgIpc) is 3.19. The zero-order valence-electron chi connectivity index (χ0n) is 17.5. The first-order valence-electron chi connectivity index (χ1n) is 10.4. The Bertz CT molecular complexity index is 969. The number of carbonyl (C=O) groups excluding carboxylic acids is 2. The standard InChI is InChI=1S/C23H25ClN2O5/c1-14-4-3-5-15(2)26(14)22(27)12-29-17-8-6-16(7-9-17)23(28)25-19-11-21-20(10-18(19)24)30-13-31-21/h6-11,14-15H,3-5,12-13H2,1-2H3,(H,25,28)/t14-,15-/m0/s1. The summed E-state index contributed by atoms with van der Waals surface area (Å²) in [5.74, 6) is 1.28. The Kier molecular flexibility index (Phi) is 6.23. The number of anilines is 1. The van der Waals surface area contributed by atoms with Crippen LogP contribution in [0.3, 0.4) is 0 Å². The second kappa shape index (κ2) is 9.06. The van der Waals surface area contributed by atoms with E-state index in [-0.39, 0.29) is 37.3 Å². The van der Waals surface area contributed by atoms with Crippen LogP contribution in [0.2, 0.25) is 5.02 Å². The Labute approximate surface area is 186 Å². The summed E-state index contributed by atoms with van der Waals surface area (Å²) in [6.07, 6.45) is 3.19. The summed E-state index contributed by atoms with van der Waals surface area (Å²) in [7, 11) is 0. The monoisotopic (exact) mass is 444 g/mol. The van der Waals surface area contributed by atoms with E-state index >= 15 is 0 Å². The Morgan fingerprint density at radius 1 is 1.10 bits per heavy atom. The first kappa shape index (κ1) is 21.3. The summed E-state index contributed by atoms with van der Waals surface area (Å²) in [5, 5.41) is 3.13. The molecular formula is C23H25ClN2O5. The third-order valence-electron chi connectivity index (χ3n) is 5.67. The molecule has 2 aromatic rings. The minimum atomic E-state index is -0.320. The number of nitrogens with zero attached hydrogens (tertiary/aromatic N) is 1. The van der Waals surface area contributed by atoms with Gasteiger partial charge in [0.2, 0.25) is 6.79 Å². The fourth-order valence-electron chi connectivity index (χ4n) is 4.04. The van der Waals surface area contributed by atoms with Crippen LogP contribution in [0.15, 0.2) is 36.4 Å². The second-order valence-corrected chi connectivity index (χ2v) is 8.29. The van der Waals surface area contributed by atoms with Gasteiger partial charge in [-0.3, -0.25) is 9.59 Å². The molecule has 2 heterocycles. The van der Waals surface area contributed by atoms with E-state index in [1.165, 1.54) is 0 Å². The van der Waals surface area contributed by atoms with Crippen LogP contribution in [0.1, 0.15) is 43.5 Å². The molecule has 1 saturated heterocycles. The van der Waals surface area contributed by atoms with Crippen molar-refractivity contribution in [3.63, 3.8) is 0 Å². The smallest absolute Gasteiger partial charge is 0.260 e. The number of amides is 2. The predicted molar refractivity (Wildman–Crippen MR) is 117 cm³/mol. The first-order valence-corrected chi connectivity index (χ1v) is 10.7. The molecule has 164 valence electrons. The number of hydrogen-bond acceptors (Lipinski definition) is 5. The molecule has 1 fully saturated rings. The van der Waals surface area contributed by atoms with Gasteiger partial charge in [0.05, 0.1) is 10.7 Å². The van der Waals surface area contributed by atoms with E-state index in [0.29, 0.717) is 33.5 Å². The zero-order chi connectivity index (χ0) is 22.0. The largest absolute Gasteiger partial charge is 0.484 e. The third-order valence-corrected chi connectivity index (χ3v) is 5.98. The minimum absolute atomic E-state index is 0.0148. The lowest BCUT2D eigenvalue weighted by Gasteiger charge is -2.38. The number of likely N-dealkylation sites (tertiary alicyclic amines) is 1. The maximum atomic E-state index is 12.6. The Morgan fingerprint density at radius 3 is 2.42 bits per heavy atom. The molecule has 4 rings (SSSR count). The fraction of sp³-hybridized carbons (Fsp3) is 0.391. The zero-order valence-corrected chi connectivity index (χ0v) is 18.3. The van der Waals surface area contributed by atoms with Gasteiger partial charge in [0, 0.05) is 29.8 Å². The lowest BCUT2D eigenvalue weighted by atomic mass is 9.97. The molecule has 2 aliphatic rings. The molecule has 2 amide bonds. The van der Waals surface area contributed by atoms with Crippen LogP contribution in [-0.2, 0) is 4.79 Å². The van der Waals surface area contributed by atoms with E-state index in [1.54, 1.807) is 36.4 Å². The van der Waals surface area contributed by atoms with Crippen molar-refractivity contribution in [2.45, 2.75) is 45.2 Å². The number of carbonyl (C=O) groups is 2. The molecule has 2 aliphatic heterocycles. The van der Waals surface area contributed by atoms with Crippen molar-refractivity contribution in [1.29, 1.82) is 0 Å². The first-order chi connectivity index (χ1) is 14.9. The van der Waals surface area contributed by atoms with E-state index in [1.807, 2.05) is 4.90 Å². The van der Waals surface area contributed by atoms with Gasteiger partial charge in [-0.25, -0.2) is 0 Å². The minimum Gasteiger partial charge on any atom is -0.484 e. The molecule has 0 radical (unpaired) electrons. The van der Waals surface area contributed by atoms with E-state index < -0.39 is 0 Å². The lowest BCUT2D eigenvalue weighted by molar-refractivity contribution is -0.139. The maximum absolute atomic E-state index is 12.6. The number of ether oxygens (including phenoxy) is 3. The lowest BCUT2D eigenvalue weighted by Crippen LogP contribution is -2.49. The van der Waals surface area contributed by atoms with E-state index in [0.717, 1.165) is 19.3 Å². The fourth-order valence-corrected chi connectivity index (χ4v) is 4.24. The van der Waals surface area contributed by atoms with Crippen LogP contribution in [-0.4, -0.2) is 42.2 Å². The number of halogens is 1. The molecule has 1 N–H and O–H groups in total. The molecule has 31 heavy (non-hydrogen) atoms. The normalized spacial score (nSPS) is 19.8. The molecule has 0 bridgehead atoms. The molecular weight excluding hydrogens is 420 g/mol. The van der Waals surface area contributed by atoms with Crippen LogP contribution in [0.4, 0.5) is 5.69 Å². The highest BCUT2D eigenvalue weighted by Crippen LogP contribution is 2.39. The highest BCUT2D eigenvalue weighted by molar-refractivity contribution is 6.34. The van der Waals surface area contributed by atoms with Crippen molar-refractivity contribution in [3.05, 3.63) is 47.0 Å². The number of hydrogen-bond donors (Lipinski definition) is 1. The van der Waals surface area contributed by atoms with Gasteiger partial charge in [-0.05, 0) is 57.4 Å². The van der Waals surface area contributed by atoms with Crippen LogP contribution in [0, 0.1) is 0 Å². The second-order valence-electron chi connectivity index (χ2n) is 7.88. The Morgan fingerprint density at radius 2 is 1.74 bits per heavy atom. The summed E-state index contributed by atoms with van der Waals surface area (Å²) in [6.45, 7) is 4.26. The summed E-state index contributed by atoms with van der Waals surface area (Å²) in [6, 6.07) is 10.3. The van der Waals surface area contributed by atoms with Crippen molar-refractivity contribution in [2.24, 2.45) is 0 Å². The molecule has 7 nitrogen and oxygen atoms in total. The molecule has 0 unspecified atom stereocenters. The average molecular weight is 445 g/mol. The van der Waals surface area contributed by atoms with Gasteiger partial charge in [0.25, 0.3) is 11.8 Å². The van der Waals surface area contributed by atoms with Gasteiger partial charge in [-0.2, -0.15) is 0 Å². The summed E-state index contributed by atoms with van der Waals surface area (Å²) in [4.78, 5) is 27.1. The predicted octanol–water partition coefficient (Wildman–Crippen LogP) is 4.49. The highest BCUT2D eigenvalue weighted by Gasteiger charge is 2.29. The van der Waals surface area contributed by atoms with Gasteiger partial charge in [0.15, 0.2) is 18.1 Å². The molecule has 0 aliphatic carbocycles. The van der Waals surface area contributed by atoms with Gasteiger partial charge < -0.3 is 24.4 Å². The molecule has 0 aromatic heterocycles. The van der Waals surface area contributed by atoms with Crippen LogP contribution in [0.5, 0.6) is 17.2 Å². The number of rotatable bonds is 5. The number of piperidine rings is 1. The quantitative estimate of drug-likeness (QED) is 0.735. The van der Waals surface area contributed by atoms with Crippen molar-refractivity contribution < 1.29 is 23.8 Å². The van der Waals surface area contributed by atoms with Gasteiger partial charge >= 0.3 is 0 Å². The molecule has 8 heteroatoms. The van der Waals surface area contributed by atoms with Crippen LogP contribution in [0.25, 0.3) is 0 Å². The van der Waals surface area contributed by atoms with E-state index in [2.05, 4.69) is 19.2 Å².